The van der Waals surface area contributed by atoms with Crippen molar-refractivity contribution in [1.82, 2.24) is 10.2 Å². The molecule has 3 aromatic rings. The molecule has 1 N–H and O–H groups in total. The van der Waals surface area contributed by atoms with Crippen LogP contribution < -0.4 is 4.74 Å². The van der Waals surface area contributed by atoms with E-state index in [0.29, 0.717) is 5.02 Å². The van der Waals surface area contributed by atoms with Gasteiger partial charge < -0.3 is 4.74 Å². The molecule has 19 heavy (non-hydrogen) atoms. The van der Waals surface area contributed by atoms with E-state index in [1.54, 1.807) is 18.3 Å². The number of H-pyrrole nitrogens is 1. The lowest BCUT2D eigenvalue weighted by Crippen LogP contribution is -1.84. The molecule has 0 atom stereocenters. The second kappa shape index (κ2) is 5.16. The summed E-state index contributed by atoms with van der Waals surface area (Å²) in [5.41, 5.74) is 2.05. The summed E-state index contributed by atoms with van der Waals surface area (Å²) in [5.74, 6) is 1.55. The maximum Gasteiger partial charge on any atom is 0.127 e. The lowest BCUT2D eigenvalue weighted by Gasteiger charge is -2.06. The van der Waals surface area contributed by atoms with Crippen LogP contribution >= 0.6 is 11.6 Å². The van der Waals surface area contributed by atoms with E-state index in [1.807, 2.05) is 42.5 Å². The fourth-order valence-corrected chi connectivity index (χ4v) is 1.88. The summed E-state index contributed by atoms with van der Waals surface area (Å²) in [6, 6.07) is 17.0. The molecule has 0 fully saturated rings. The topological polar surface area (TPSA) is 37.9 Å². The summed E-state index contributed by atoms with van der Waals surface area (Å²) >= 11 is 5.83. The number of nitrogens with one attached hydrogen (secondary N) is 1. The average Bonchev–Trinajstić information content (AvgIpc) is 2.96. The SMILES string of the molecule is Clc1ccc(Oc2ccc(-c3ccn[nH]3)cc2)cc1. The van der Waals surface area contributed by atoms with E-state index in [4.69, 9.17) is 16.3 Å². The number of nitrogens with zero attached hydrogens (tertiary/aromatic N) is 1. The van der Waals surface area contributed by atoms with Gasteiger partial charge in [0.15, 0.2) is 0 Å². The fraction of sp³-hybridized carbons (Fsp3) is 0. The van der Waals surface area contributed by atoms with Crippen LogP contribution in [0.25, 0.3) is 11.3 Å². The molecule has 94 valence electrons. The summed E-state index contributed by atoms with van der Waals surface area (Å²) in [5, 5.41) is 7.55. The van der Waals surface area contributed by atoms with E-state index in [2.05, 4.69) is 10.2 Å². The molecule has 3 nitrogen and oxygen atoms in total. The van der Waals surface area contributed by atoms with Crippen LogP contribution in [0, 0.1) is 0 Å². The Balaban J connectivity index is 1.77. The van der Waals surface area contributed by atoms with E-state index >= 15 is 0 Å². The Morgan fingerprint density at radius 1 is 0.842 bits per heavy atom. The predicted molar refractivity (Wildman–Crippen MR) is 75.5 cm³/mol. The van der Waals surface area contributed by atoms with Crippen LogP contribution in [0.3, 0.4) is 0 Å². The Bertz CT molecular complexity index is 646. The van der Waals surface area contributed by atoms with Gasteiger partial charge in [0.1, 0.15) is 11.5 Å². The molecule has 0 aliphatic rings. The van der Waals surface area contributed by atoms with Gasteiger partial charge in [-0.05, 0) is 60.2 Å². The molecule has 2 aromatic carbocycles. The number of ether oxygens (including phenoxy) is 1. The Labute approximate surface area is 115 Å². The standard InChI is InChI=1S/C15H11ClN2O/c16-12-3-7-14(8-4-12)19-13-5-1-11(2-6-13)15-9-10-17-18-15/h1-10H,(H,17,18). The summed E-state index contributed by atoms with van der Waals surface area (Å²) < 4.78 is 5.72. The van der Waals surface area contributed by atoms with Gasteiger partial charge in [0.25, 0.3) is 0 Å². The molecule has 0 aliphatic heterocycles. The molecule has 0 spiro atoms. The lowest BCUT2D eigenvalue weighted by atomic mass is 10.1. The highest BCUT2D eigenvalue weighted by Crippen LogP contribution is 2.25. The van der Waals surface area contributed by atoms with Crippen molar-refractivity contribution in [3.8, 4) is 22.8 Å². The minimum Gasteiger partial charge on any atom is -0.457 e. The van der Waals surface area contributed by atoms with E-state index < -0.39 is 0 Å². The molecule has 1 heterocycles. The average molecular weight is 271 g/mol. The van der Waals surface area contributed by atoms with Gasteiger partial charge in [-0.25, -0.2) is 0 Å². The van der Waals surface area contributed by atoms with E-state index in [0.717, 1.165) is 22.8 Å². The summed E-state index contributed by atoms with van der Waals surface area (Å²) in [6.07, 6.45) is 1.73. The molecule has 0 unspecified atom stereocenters. The maximum atomic E-state index is 5.83. The zero-order valence-electron chi connectivity index (χ0n) is 10.0. The zero-order valence-corrected chi connectivity index (χ0v) is 10.8. The molecule has 0 aliphatic carbocycles. The second-order valence-corrected chi connectivity index (χ2v) is 4.49. The highest BCUT2D eigenvalue weighted by atomic mass is 35.5. The molecule has 0 saturated heterocycles. The number of halogens is 1. The van der Waals surface area contributed by atoms with Crippen molar-refractivity contribution in [3.05, 3.63) is 65.8 Å². The number of hydrogen-bond acceptors (Lipinski definition) is 2. The zero-order chi connectivity index (χ0) is 13.1. The quantitative estimate of drug-likeness (QED) is 0.760. The highest BCUT2D eigenvalue weighted by Gasteiger charge is 2.00. The highest BCUT2D eigenvalue weighted by molar-refractivity contribution is 6.30. The van der Waals surface area contributed by atoms with Crippen molar-refractivity contribution in [3.63, 3.8) is 0 Å². The summed E-state index contributed by atoms with van der Waals surface area (Å²) in [7, 11) is 0. The van der Waals surface area contributed by atoms with Crippen molar-refractivity contribution in [2.75, 3.05) is 0 Å². The Morgan fingerprint density at radius 2 is 1.47 bits per heavy atom. The predicted octanol–water partition coefficient (Wildman–Crippen LogP) is 4.52. The molecule has 0 amide bonds. The van der Waals surface area contributed by atoms with Crippen LogP contribution in [0.15, 0.2) is 60.8 Å². The largest absolute Gasteiger partial charge is 0.457 e. The summed E-state index contributed by atoms with van der Waals surface area (Å²) in [4.78, 5) is 0. The van der Waals surface area contributed by atoms with Crippen LogP contribution in [0.2, 0.25) is 5.02 Å². The van der Waals surface area contributed by atoms with Crippen LogP contribution in [-0.2, 0) is 0 Å². The van der Waals surface area contributed by atoms with Crippen molar-refractivity contribution in [2.45, 2.75) is 0 Å². The monoisotopic (exact) mass is 270 g/mol. The Morgan fingerprint density at radius 3 is 2.05 bits per heavy atom. The molecule has 0 radical (unpaired) electrons. The van der Waals surface area contributed by atoms with Crippen LogP contribution in [0.1, 0.15) is 0 Å². The van der Waals surface area contributed by atoms with Gasteiger partial charge >= 0.3 is 0 Å². The lowest BCUT2D eigenvalue weighted by molar-refractivity contribution is 0.483. The maximum absolute atomic E-state index is 5.83. The van der Waals surface area contributed by atoms with Gasteiger partial charge in [0, 0.05) is 11.2 Å². The first-order valence-corrected chi connectivity index (χ1v) is 6.22. The van der Waals surface area contributed by atoms with Gasteiger partial charge in [-0.1, -0.05) is 11.6 Å². The fourth-order valence-electron chi connectivity index (χ4n) is 1.76. The van der Waals surface area contributed by atoms with Crippen molar-refractivity contribution in [1.29, 1.82) is 0 Å². The first kappa shape index (κ1) is 11.8. The van der Waals surface area contributed by atoms with Crippen LogP contribution in [0.5, 0.6) is 11.5 Å². The molecular formula is C15H11ClN2O. The van der Waals surface area contributed by atoms with Crippen LogP contribution in [-0.4, -0.2) is 10.2 Å². The first-order valence-electron chi connectivity index (χ1n) is 5.84. The minimum atomic E-state index is 0.696. The number of hydrogen-bond donors (Lipinski definition) is 1. The van der Waals surface area contributed by atoms with Crippen molar-refractivity contribution in [2.24, 2.45) is 0 Å². The molecule has 3 rings (SSSR count). The number of aromatic amines is 1. The third-order valence-electron chi connectivity index (χ3n) is 2.72. The molecule has 0 saturated carbocycles. The molecule has 1 aromatic heterocycles. The van der Waals surface area contributed by atoms with Gasteiger partial charge in [-0.15, -0.1) is 0 Å². The minimum absolute atomic E-state index is 0.696. The third kappa shape index (κ3) is 2.77. The van der Waals surface area contributed by atoms with E-state index in [9.17, 15) is 0 Å². The van der Waals surface area contributed by atoms with Crippen molar-refractivity contribution >= 4 is 11.6 Å². The van der Waals surface area contributed by atoms with Gasteiger partial charge in [-0.2, -0.15) is 5.10 Å². The Kier molecular flexibility index (Phi) is 3.21. The van der Waals surface area contributed by atoms with Crippen LogP contribution in [0.4, 0.5) is 0 Å². The molecule has 0 bridgehead atoms. The van der Waals surface area contributed by atoms with E-state index in [-0.39, 0.29) is 0 Å². The molecular weight excluding hydrogens is 260 g/mol. The van der Waals surface area contributed by atoms with Crippen molar-refractivity contribution < 1.29 is 4.74 Å². The van der Waals surface area contributed by atoms with Gasteiger partial charge in [0.2, 0.25) is 0 Å². The number of benzene rings is 2. The normalized spacial score (nSPS) is 10.4. The number of aromatic nitrogens is 2. The van der Waals surface area contributed by atoms with E-state index in [1.165, 1.54) is 0 Å². The summed E-state index contributed by atoms with van der Waals surface area (Å²) in [6.45, 7) is 0. The number of rotatable bonds is 3. The first-order chi connectivity index (χ1) is 9.31. The van der Waals surface area contributed by atoms with Gasteiger partial charge in [-0.3, -0.25) is 5.10 Å². The Hall–Kier alpha value is -2.26. The smallest absolute Gasteiger partial charge is 0.127 e. The third-order valence-corrected chi connectivity index (χ3v) is 2.97. The second-order valence-electron chi connectivity index (χ2n) is 4.05. The van der Waals surface area contributed by atoms with Gasteiger partial charge in [0.05, 0.1) is 5.69 Å². The molecule has 4 heteroatoms.